The lowest BCUT2D eigenvalue weighted by atomic mass is 9.98. The Morgan fingerprint density at radius 1 is 1.25 bits per heavy atom. The number of amides is 2. The molecule has 3 atom stereocenters. The topological polar surface area (TPSA) is 70.2 Å². The van der Waals surface area contributed by atoms with Gasteiger partial charge in [-0.1, -0.05) is 44.2 Å². The molecule has 3 unspecified atom stereocenters. The molecule has 0 spiro atoms. The van der Waals surface area contributed by atoms with E-state index in [1.54, 1.807) is 0 Å². The Hall–Kier alpha value is -1.88. The molecule has 1 saturated heterocycles. The molecule has 0 aromatic heterocycles. The number of rotatable bonds is 6. The van der Waals surface area contributed by atoms with E-state index < -0.39 is 6.04 Å². The van der Waals surface area contributed by atoms with E-state index in [0.29, 0.717) is 6.42 Å². The molecular weight excluding hydrogens is 302 g/mol. The highest BCUT2D eigenvalue weighted by molar-refractivity contribution is 5.88. The molecule has 3 N–H and O–H groups in total. The van der Waals surface area contributed by atoms with Crippen LogP contribution in [0.15, 0.2) is 30.3 Å². The molecule has 0 aliphatic carbocycles. The molecule has 2 amide bonds. The average molecular weight is 331 g/mol. The quantitative estimate of drug-likeness (QED) is 0.748. The van der Waals surface area contributed by atoms with Crippen LogP contribution in [0.4, 0.5) is 0 Å². The fraction of sp³-hybridized carbons (Fsp3) is 0.579. The van der Waals surface area contributed by atoms with Gasteiger partial charge in [0.05, 0.1) is 0 Å². The molecule has 0 bridgehead atoms. The Kier molecular flexibility index (Phi) is 6.79. The summed E-state index contributed by atoms with van der Waals surface area (Å²) in [5.41, 5.74) is 0.809. The van der Waals surface area contributed by atoms with Crippen molar-refractivity contribution >= 4 is 11.8 Å². The first-order valence-electron chi connectivity index (χ1n) is 8.85. The van der Waals surface area contributed by atoms with Crippen LogP contribution in [0, 0.1) is 5.92 Å². The van der Waals surface area contributed by atoms with Gasteiger partial charge in [0, 0.05) is 18.5 Å². The minimum Gasteiger partial charge on any atom is -0.350 e. The molecule has 1 aliphatic rings. The van der Waals surface area contributed by atoms with E-state index in [1.807, 2.05) is 44.2 Å². The van der Waals surface area contributed by atoms with Gasteiger partial charge in [0.25, 0.3) is 0 Å². The minimum absolute atomic E-state index is 0.0937. The summed E-state index contributed by atoms with van der Waals surface area (Å²) in [5.74, 6) is 0.0229. The first-order chi connectivity index (χ1) is 11.5. The largest absolute Gasteiger partial charge is 0.350 e. The summed E-state index contributed by atoms with van der Waals surface area (Å²) in [4.78, 5) is 25.0. The first-order valence-corrected chi connectivity index (χ1v) is 8.85. The summed E-state index contributed by atoms with van der Waals surface area (Å²) in [6.45, 7) is 7.05. The Morgan fingerprint density at radius 2 is 1.96 bits per heavy atom. The van der Waals surface area contributed by atoms with Crippen LogP contribution in [0.3, 0.4) is 0 Å². The summed E-state index contributed by atoms with van der Waals surface area (Å²) in [6.07, 6.45) is 2.42. The van der Waals surface area contributed by atoms with Gasteiger partial charge in [-0.05, 0) is 37.8 Å². The lowest BCUT2D eigenvalue weighted by Gasteiger charge is -2.32. The van der Waals surface area contributed by atoms with Crippen LogP contribution < -0.4 is 16.0 Å². The summed E-state index contributed by atoms with van der Waals surface area (Å²) in [7, 11) is 0. The number of hydrogen-bond acceptors (Lipinski definition) is 3. The van der Waals surface area contributed by atoms with E-state index in [0.717, 1.165) is 24.9 Å². The molecule has 1 aromatic rings. The van der Waals surface area contributed by atoms with E-state index >= 15 is 0 Å². The van der Waals surface area contributed by atoms with Crippen LogP contribution in [0.25, 0.3) is 0 Å². The van der Waals surface area contributed by atoms with Crippen molar-refractivity contribution < 1.29 is 9.59 Å². The van der Waals surface area contributed by atoms with E-state index in [4.69, 9.17) is 0 Å². The summed E-state index contributed by atoms with van der Waals surface area (Å²) in [6, 6.07) is 9.12. The van der Waals surface area contributed by atoms with Gasteiger partial charge < -0.3 is 16.0 Å². The fourth-order valence-electron chi connectivity index (χ4n) is 3.04. The maximum absolute atomic E-state index is 12.8. The standard InChI is InChI=1S/C19H29N3O2/c1-13(2)12-17(23)22-18(15-8-5-4-6-9-15)19(24)21-16-10-7-11-20-14(16)3/h4-6,8-9,13-14,16,18,20H,7,10-12H2,1-3H3,(H,21,24)(H,22,23). The zero-order chi connectivity index (χ0) is 17.5. The normalized spacial score (nSPS) is 22.0. The fourth-order valence-corrected chi connectivity index (χ4v) is 3.04. The predicted molar refractivity (Wildman–Crippen MR) is 95.4 cm³/mol. The summed E-state index contributed by atoms with van der Waals surface area (Å²) in [5, 5.41) is 9.39. The van der Waals surface area contributed by atoms with Gasteiger partial charge in [-0.25, -0.2) is 0 Å². The van der Waals surface area contributed by atoms with Crippen molar-refractivity contribution in [2.75, 3.05) is 6.54 Å². The van der Waals surface area contributed by atoms with Crippen LogP contribution in [0.1, 0.15) is 51.6 Å². The zero-order valence-electron chi connectivity index (χ0n) is 14.8. The van der Waals surface area contributed by atoms with Crippen LogP contribution >= 0.6 is 0 Å². The Balaban J connectivity index is 2.09. The van der Waals surface area contributed by atoms with Crippen molar-refractivity contribution in [1.82, 2.24) is 16.0 Å². The number of carbonyl (C=O) groups is 2. The second kappa shape index (κ2) is 8.83. The number of carbonyl (C=O) groups excluding carboxylic acids is 2. The maximum Gasteiger partial charge on any atom is 0.247 e. The lowest BCUT2D eigenvalue weighted by Crippen LogP contribution is -2.54. The van der Waals surface area contributed by atoms with Crippen molar-refractivity contribution in [1.29, 1.82) is 0 Å². The van der Waals surface area contributed by atoms with Crippen molar-refractivity contribution in [3.8, 4) is 0 Å². The van der Waals surface area contributed by atoms with E-state index in [1.165, 1.54) is 0 Å². The highest BCUT2D eigenvalue weighted by Gasteiger charge is 2.28. The van der Waals surface area contributed by atoms with Crippen LogP contribution in [0.5, 0.6) is 0 Å². The molecular formula is C19H29N3O2. The predicted octanol–water partition coefficient (Wildman–Crippen LogP) is 2.15. The first kappa shape index (κ1) is 18.5. The van der Waals surface area contributed by atoms with E-state index in [9.17, 15) is 9.59 Å². The maximum atomic E-state index is 12.8. The van der Waals surface area contributed by atoms with Gasteiger partial charge in [-0.2, -0.15) is 0 Å². The molecule has 1 aromatic carbocycles. The molecule has 0 radical (unpaired) electrons. The van der Waals surface area contributed by atoms with Crippen molar-refractivity contribution in [2.24, 2.45) is 5.92 Å². The third kappa shape index (κ3) is 5.34. The van der Waals surface area contributed by atoms with Crippen LogP contribution in [0.2, 0.25) is 0 Å². The molecule has 2 rings (SSSR count). The van der Waals surface area contributed by atoms with Gasteiger partial charge in [0.15, 0.2) is 0 Å². The number of benzene rings is 1. The van der Waals surface area contributed by atoms with Gasteiger partial charge in [0.2, 0.25) is 11.8 Å². The second-order valence-corrected chi connectivity index (χ2v) is 7.01. The van der Waals surface area contributed by atoms with Gasteiger partial charge in [-0.15, -0.1) is 0 Å². The summed E-state index contributed by atoms with van der Waals surface area (Å²) < 4.78 is 0. The Bertz CT molecular complexity index is 545. The van der Waals surface area contributed by atoms with Gasteiger partial charge in [-0.3, -0.25) is 9.59 Å². The van der Waals surface area contributed by atoms with Crippen LogP contribution in [-0.2, 0) is 9.59 Å². The molecule has 5 heteroatoms. The van der Waals surface area contributed by atoms with Gasteiger partial charge >= 0.3 is 0 Å². The van der Waals surface area contributed by atoms with E-state index in [2.05, 4.69) is 22.9 Å². The highest BCUT2D eigenvalue weighted by atomic mass is 16.2. The number of nitrogens with one attached hydrogen (secondary N) is 3. The number of hydrogen-bond donors (Lipinski definition) is 3. The molecule has 1 fully saturated rings. The monoisotopic (exact) mass is 331 g/mol. The third-order valence-electron chi connectivity index (χ3n) is 4.38. The SMILES string of the molecule is CC(C)CC(=O)NC(C(=O)NC1CCCNC1C)c1ccccc1. The Morgan fingerprint density at radius 3 is 2.58 bits per heavy atom. The van der Waals surface area contributed by atoms with Crippen LogP contribution in [-0.4, -0.2) is 30.4 Å². The second-order valence-electron chi connectivity index (χ2n) is 7.01. The smallest absolute Gasteiger partial charge is 0.247 e. The molecule has 5 nitrogen and oxygen atoms in total. The average Bonchev–Trinajstić information content (AvgIpc) is 2.55. The van der Waals surface area contributed by atoms with Crippen molar-refractivity contribution in [3.63, 3.8) is 0 Å². The van der Waals surface area contributed by atoms with Crippen molar-refractivity contribution in [3.05, 3.63) is 35.9 Å². The molecule has 1 heterocycles. The number of piperidine rings is 1. The zero-order valence-corrected chi connectivity index (χ0v) is 14.8. The molecule has 1 aliphatic heterocycles. The minimum atomic E-state index is -0.647. The van der Waals surface area contributed by atoms with Crippen molar-refractivity contribution in [2.45, 2.75) is 58.2 Å². The highest BCUT2D eigenvalue weighted by Crippen LogP contribution is 2.16. The molecule has 0 saturated carbocycles. The Labute approximate surface area is 144 Å². The van der Waals surface area contributed by atoms with E-state index in [-0.39, 0.29) is 29.8 Å². The lowest BCUT2D eigenvalue weighted by molar-refractivity contribution is -0.130. The third-order valence-corrected chi connectivity index (χ3v) is 4.38. The molecule has 24 heavy (non-hydrogen) atoms. The summed E-state index contributed by atoms with van der Waals surface area (Å²) >= 11 is 0. The molecule has 132 valence electrons. The van der Waals surface area contributed by atoms with Gasteiger partial charge in [0.1, 0.15) is 6.04 Å².